The van der Waals surface area contributed by atoms with Gasteiger partial charge in [-0.25, -0.2) is 0 Å². The monoisotopic (exact) mass is 324 g/mol. The van der Waals surface area contributed by atoms with Crippen LogP contribution in [-0.2, 0) is 11.2 Å². The van der Waals surface area contributed by atoms with Crippen LogP contribution in [0.5, 0.6) is 0 Å². The number of anilines is 1. The maximum absolute atomic E-state index is 11.8. The zero-order valence-corrected chi connectivity index (χ0v) is 14.2. The SMILES string of the molecule is Cl.Nc1ccc(CCNC(=O)CCCC2CCCCC2)cc1. The molecule has 0 spiro atoms. The molecular formula is C18H29ClN2O. The molecule has 1 fully saturated rings. The lowest BCUT2D eigenvalue weighted by Crippen LogP contribution is -2.25. The van der Waals surface area contributed by atoms with E-state index in [1.807, 2.05) is 24.3 Å². The Morgan fingerprint density at radius 1 is 1.14 bits per heavy atom. The lowest BCUT2D eigenvalue weighted by atomic mass is 9.86. The average molecular weight is 325 g/mol. The number of hydrogen-bond acceptors (Lipinski definition) is 2. The molecule has 124 valence electrons. The van der Waals surface area contributed by atoms with Gasteiger partial charge in [-0.05, 0) is 42.9 Å². The van der Waals surface area contributed by atoms with Crippen LogP contribution < -0.4 is 11.1 Å². The maximum Gasteiger partial charge on any atom is 0.220 e. The van der Waals surface area contributed by atoms with E-state index in [4.69, 9.17) is 5.73 Å². The van der Waals surface area contributed by atoms with Crippen LogP contribution >= 0.6 is 12.4 Å². The Hall–Kier alpha value is -1.22. The van der Waals surface area contributed by atoms with Crippen LogP contribution in [0.1, 0.15) is 56.9 Å². The van der Waals surface area contributed by atoms with Crippen LogP contribution in [0, 0.1) is 5.92 Å². The zero-order chi connectivity index (χ0) is 14.9. The first kappa shape index (κ1) is 18.8. The van der Waals surface area contributed by atoms with Crippen LogP contribution in [0.15, 0.2) is 24.3 Å². The van der Waals surface area contributed by atoms with Gasteiger partial charge in [0.25, 0.3) is 0 Å². The Balaban J connectivity index is 0.00000242. The van der Waals surface area contributed by atoms with E-state index in [2.05, 4.69) is 5.32 Å². The smallest absolute Gasteiger partial charge is 0.220 e. The highest BCUT2D eigenvalue weighted by atomic mass is 35.5. The Morgan fingerprint density at radius 3 is 2.50 bits per heavy atom. The van der Waals surface area contributed by atoms with Crippen LogP contribution in [0.4, 0.5) is 5.69 Å². The molecule has 0 saturated heterocycles. The third-order valence-corrected chi connectivity index (χ3v) is 4.46. The van der Waals surface area contributed by atoms with Crippen LogP contribution in [0.3, 0.4) is 0 Å². The molecule has 22 heavy (non-hydrogen) atoms. The minimum atomic E-state index is 0. The van der Waals surface area contributed by atoms with Crippen molar-refractivity contribution in [3.05, 3.63) is 29.8 Å². The fourth-order valence-corrected chi connectivity index (χ4v) is 3.15. The number of nitrogens with one attached hydrogen (secondary N) is 1. The van der Waals surface area contributed by atoms with E-state index < -0.39 is 0 Å². The van der Waals surface area contributed by atoms with Crippen molar-refractivity contribution in [3.8, 4) is 0 Å². The third-order valence-electron chi connectivity index (χ3n) is 4.46. The molecule has 2 rings (SSSR count). The van der Waals surface area contributed by atoms with Gasteiger partial charge in [-0.15, -0.1) is 12.4 Å². The number of nitrogen functional groups attached to an aromatic ring is 1. The Bertz CT molecular complexity index is 427. The van der Waals surface area contributed by atoms with Gasteiger partial charge < -0.3 is 11.1 Å². The summed E-state index contributed by atoms with van der Waals surface area (Å²) in [6.45, 7) is 0.714. The van der Waals surface area contributed by atoms with Gasteiger partial charge >= 0.3 is 0 Å². The van der Waals surface area contributed by atoms with Gasteiger partial charge in [-0.2, -0.15) is 0 Å². The van der Waals surface area contributed by atoms with E-state index in [-0.39, 0.29) is 18.3 Å². The topological polar surface area (TPSA) is 55.1 Å². The van der Waals surface area contributed by atoms with Gasteiger partial charge in [-0.3, -0.25) is 4.79 Å². The zero-order valence-electron chi connectivity index (χ0n) is 13.4. The number of nitrogens with two attached hydrogens (primary N) is 1. The van der Waals surface area contributed by atoms with Crippen molar-refractivity contribution in [2.75, 3.05) is 12.3 Å². The summed E-state index contributed by atoms with van der Waals surface area (Å²) in [6.07, 6.45) is 10.7. The summed E-state index contributed by atoms with van der Waals surface area (Å²) in [7, 11) is 0. The molecule has 0 heterocycles. The number of rotatable bonds is 7. The maximum atomic E-state index is 11.8. The van der Waals surface area contributed by atoms with E-state index in [1.165, 1.54) is 44.1 Å². The standard InChI is InChI=1S/C18H28N2O.ClH/c19-17-11-9-16(10-12-17)13-14-20-18(21)8-4-7-15-5-2-1-3-6-15;/h9-12,15H,1-8,13-14,19H2,(H,20,21);1H. The van der Waals surface area contributed by atoms with Gasteiger partial charge in [0.05, 0.1) is 0 Å². The molecule has 0 atom stereocenters. The van der Waals surface area contributed by atoms with E-state index in [1.54, 1.807) is 0 Å². The fourth-order valence-electron chi connectivity index (χ4n) is 3.15. The van der Waals surface area contributed by atoms with Gasteiger partial charge in [-0.1, -0.05) is 44.2 Å². The number of carbonyl (C=O) groups is 1. The number of carbonyl (C=O) groups excluding carboxylic acids is 1. The first-order chi connectivity index (χ1) is 10.2. The summed E-state index contributed by atoms with van der Waals surface area (Å²) in [6, 6.07) is 7.85. The Labute approximate surface area is 140 Å². The summed E-state index contributed by atoms with van der Waals surface area (Å²) in [5.74, 6) is 1.07. The molecule has 1 aromatic carbocycles. The van der Waals surface area contributed by atoms with E-state index in [0.717, 1.165) is 24.4 Å². The van der Waals surface area contributed by atoms with E-state index >= 15 is 0 Å². The van der Waals surface area contributed by atoms with Gasteiger partial charge in [0.1, 0.15) is 0 Å². The largest absolute Gasteiger partial charge is 0.399 e. The van der Waals surface area contributed by atoms with Crippen LogP contribution in [0.25, 0.3) is 0 Å². The number of hydrogen-bond donors (Lipinski definition) is 2. The fraction of sp³-hybridized carbons (Fsp3) is 0.611. The first-order valence-corrected chi connectivity index (χ1v) is 8.35. The van der Waals surface area contributed by atoms with Crippen molar-refractivity contribution < 1.29 is 4.79 Å². The van der Waals surface area contributed by atoms with Crippen LogP contribution in [0.2, 0.25) is 0 Å². The molecule has 0 bridgehead atoms. The van der Waals surface area contributed by atoms with Crippen molar-refractivity contribution in [1.82, 2.24) is 5.32 Å². The highest BCUT2D eigenvalue weighted by Gasteiger charge is 2.13. The van der Waals surface area contributed by atoms with E-state index in [9.17, 15) is 4.79 Å². The summed E-state index contributed by atoms with van der Waals surface area (Å²) < 4.78 is 0. The summed E-state index contributed by atoms with van der Waals surface area (Å²) in [5.41, 5.74) is 7.65. The molecule has 1 saturated carbocycles. The quantitative estimate of drug-likeness (QED) is 0.742. The molecule has 0 aromatic heterocycles. The highest BCUT2D eigenvalue weighted by Crippen LogP contribution is 2.27. The average Bonchev–Trinajstić information content (AvgIpc) is 2.50. The number of amides is 1. The molecule has 3 N–H and O–H groups in total. The molecule has 1 amide bonds. The second kappa shape index (κ2) is 10.5. The molecular weight excluding hydrogens is 296 g/mol. The predicted molar refractivity (Wildman–Crippen MR) is 95.2 cm³/mol. The Kier molecular flexibility index (Phi) is 8.98. The predicted octanol–water partition coefficient (Wildman–Crippen LogP) is 4.10. The summed E-state index contributed by atoms with van der Waals surface area (Å²) >= 11 is 0. The molecule has 0 unspecified atom stereocenters. The number of halogens is 1. The highest BCUT2D eigenvalue weighted by molar-refractivity contribution is 5.85. The normalized spacial score (nSPS) is 15.1. The number of benzene rings is 1. The molecule has 4 heteroatoms. The van der Waals surface area contributed by atoms with Crippen molar-refractivity contribution in [3.63, 3.8) is 0 Å². The van der Waals surface area contributed by atoms with Gasteiger partial charge in [0.15, 0.2) is 0 Å². The molecule has 0 radical (unpaired) electrons. The van der Waals surface area contributed by atoms with Crippen molar-refractivity contribution in [2.24, 2.45) is 5.92 Å². The molecule has 0 aliphatic heterocycles. The third kappa shape index (κ3) is 7.17. The van der Waals surface area contributed by atoms with E-state index in [0.29, 0.717) is 13.0 Å². The second-order valence-corrected chi connectivity index (χ2v) is 6.24. The van der Waals surface area contributed by atoms with Crippen molar-refractivity contribution in [1.29, 1.82) is 0 Å². The Morgan fingerprint density at radius 2 is 1.82 bits per heavy atom. The van der Waals surface area contributed by atoms with Crippen LogP contribution in [-0.4, -0.2) is 12.5 Å². The summed E-state index contributed by atoms with van der Waals surface area (Å²) in [5, 5.41) is 3.01. The molecule has 3 nitrogen and oxygen atoms in total. The minimum Gasteiger partial charge on any atom is -0.399 e. The van der Waals surface area contributed by atoms with Gasteiger partial charge in [0.2, 0.25) is 5.91 Å². The van der Waals surface area contributed by atoms with Crippen molar-refractivity contribution in [2.45, 2.75) is 57.8 Å². The second-order valence-electron chi connectivity index (χ2n) is 6.24. The molecule has 1 aromatic rings. The minimum absolute atomic E-state index is 0. The first-order valence-electron chi connectivity index (χ1n) is 8.35. The lowest BCUT2D eigenvalue weighted by molar-refractivity contribution is -0.121. The summed E-state index contributed by atoms with van der Waals surface area (Å²) in [4.78, 5) is 11.8. The molecule has 1 aliphatic carbocycles. The molecule has 1 aliphatic rings. The lowest BCUT2D eigenvalue weighted by Gasteiger charge is -2.21. The van der Waals surface area contributed by atoms with Crippen molar-refractivity contribution >= 4 is 24.0 Å². The van der Waals surface area contributed by atoms with Gasteiger partial charge in [0, 0.05) is 18.7 Å².